The van der Waals surface area contributed by atoms with E-state index in [-0.39, 0.29) is 17.6 Å². The maximum Gasteiger partial charge on any atom is 0.255 e. The maximum atomic E-state index is 12.4. The van der Waals surface area contributed by atoms with Gasteiger partial charge in [0.15, 0.2) is 5.13 Å². The average molecular weight is 490 g/mol. The van der Waals surface area contributed by atoms with E-state index >= 15 is 0 Å². The Morgan fingerprint density at radius 2 is 1.76 bits per heavy atom. The molecule has 0 bridgehead atoms. The van der Waals surface area contributed by atoms with Crippen LogP contribution in [0.2, 0.25) is 0 Å². The number of anilines is 2. The van der Waals surface area contributed by atoms with Crippen LogP contribution < -0.4 is 15.4 Å². The van der Waals surface area contributed by atoms with Crippen molar-refractivity contribution in [1.29, 1.82) is 0 Å². The molecule has 8 heteroatoms. The standard InChI is InChI=1S/C26H23N3O3S2/c1-17-6-8-18(9-7-17)23-15-34-26(28-23)29-24(30)16-33-22-12-10-20(11-13-22)27-25(31)19-4-3-5-21(14-19)32-2/h3-15H,16H2,1-2H3,(H,27,31)(H,28,29,30). The summed E-state index contributed by atoms with van der Waals surface area (Å²) in [6.45, 7) is 2.04. The van der Waals surface area contributed by atoms with Crippen molar-refractivity contribution in [3.8, 4) is 17.0 Å². The molecule has 4 rings (SSSR count). The van der Waals surface area contributed by atoms with Gasteiger partial charge in [0.05, 0.1) is 18.6 Å². The van der Waals surface area contributed by atoms with Crippen molar-refractivity contribution in [3.63, 3.8) is 0 Å². The number of hydrogen-bond acceptors (Lipinski definition) is 6. The minimum atomic E-state index is -0.216. The molecule has 4 aromatic rings. The van der Waals surface area contributed by atoms with Gasteiger partial charge in [0.2, 0.25) is 5.91 Å². The number of aryl methyl sites for hydroxylation is 1. The van der Waals surface area contributed by atoms with Gasteiger partial charge >= 0.3 is 0 Å². The molecule has 0 aliphatic rings. The first kappa shape index (κ1) is 23.5. The highest BCUT2D eigenvalue weighted by molar-refractivity contribution is 8.00. The molecular weight excluding hydrogens is 466 g/mol. The summed E-state index contributed by atoms with van der Waals surface area (Å²) in [6.07, 6.45) is 0. The SMILES string of the molecule is COc1cccc(C(=O)Nc2ccc(SCC(=O)Nc3nc(-c4ccc(C)cc4)cs3)cc2)c1. The van der Waals surface area contributed by atoms with E-state index in [4.69, 9.17) is 4.74 Å². The number of nitrogens with one attached hydrogen (secondary N) is 2. The van der Waals surface area contributed by atoms with Gasteiger partial charge in [-0.05, 0) is 49.4 Å². The van der Waals surface area contributed by atoms with Gasteiger partial charge in [0.1, 0.15) is 5.75 Å². The lowest BCUT2D eigenvalue weighted by atomic mass is 10.1. The summed E-state index contributed by atoms with van der Waals surface area (Å²) in [5.41, 5.74) is 4.25. The van der Waals surface area contributed by atoms with Crippen LogP contribution >= 0.6 is 23.1 Å². The van der Waals surface area contributed by atoms with E-state index < -0.39 is 0 Å². The van der Waals surface area contributed by atoms with Gasteiger partial charge in [0.25, 0.3) is 5.91 Å². The van der Waals surface area contributed by atoms with Crippen molar-refractivity contribution >= 4 is 45.7 Å². The molecule has 0 aliphatic heterocycles. The highest BCUT2D eigenvalue weighted by Crippen LogP contribution is 2.26. The smallest absolute Gasteiger partial charge is 0.255 e. The number of hydrogen-bond donors (Lipinski definition) is 2. The van der Waals surface area contributed by atoms with Gasteiger partial charge in [-0.2, -0.15) is 0 Å². The molecule has 172 valence electrons. The first-order chi connectivity index (χ1) is 16.5. The molecule has 34 heavy (non-hydrogen) atoms. The molecule has 0 spiro atoms. The van der Waals surface area contributed by atoms with E-state index in [0.717, 1.165) is 16.2 Å². The molecule has 0 saturated heterocycles. The second kappa shape index (κ2) is 11.0. The number of nitrogens with zero attached hydrogens (tertiary/aromatic N) is 1. The Hall–Kier alpha value is -3.62. The van der Waals surface area contributed by atoms with Crippen molar-refractivity contribution in [2.45, 2.75) is 11.8 Å². The number of aromatic nitrogens is 1. The van der Waals surface area contributed by atoms with Gasteiger partial charge in [-0.25, -0.2) is 4.98 Å². The number of carbonyl (C=O) groups excluding carboxylic acids is 2. The highest BCUT2D eigenvalue weighted by atomic mass is 32.2. The third kappa shape index (κ3) is 6.24. The molecule has 0 saturated carbocycles. The number of ether oxygens (including phenoxy) is 1. The van der Waals surface area contributed by atoms with Crippen LogP contribution in [0.5, 0.6) is 5.75 Å². The van der Waals surface area contributed by atoms with Gasteiger partial charge in [-0.3, -0.25) is 9.59 Å². The highest BCUT2D eigenvalue weighted by Gasteiger charge is 2.10. The number of methoxy groups -OCH3 is 1. The molecule has 1 aromatic heterocycles. The zero-order chi connectivity index (χ0) is 23.9. The average Bonchev–Trinajstić information content (AvgIpc) is 3.32. The van der Waals surface area contributed by atoms with E-state index in [1.165, 1.54) is 28.7 Å². The summed E-state index contributed by atoms with van der Waals surface area (Å²) in [6, 6.07) is 22.5. The number of thioether (sulfide) groups is 1. The van der Waals surface area contributed by atoms with Gasteiger partial charge in [-0.1, -0.05) is 35.9 Å². The summed E-state index contributed by atoms with van der Waals surface area (Å²) in [5.74, 6) is 0.550. The Labute approximate surface area is 206 Å². The topological polar surface area (TPSA) is 80.3 Å². The van der Waals surface area contributed by atoms with Crippen LogP contribution in [0, 0.1) is 6.92 Å². The fraction of sp³-hybridized carbons (Fsp3) is 0.115. The van der Waals surface area contributed by atoms with Crippen LogP contribution in [0.1, 0.15) is 15.9 Å². The van der Waals surface area contributed by atoms with Crippen LogP contribution in [-0.4, -0.2) is 29.7 Å². The Kier molecular flexibility index (Phi) is 7.61. The lowest BCUT2D eigenvalue weighted by Gasteiger charge is -2.08. The molecule has 3 aromatic carbocycles. The van der Waals surface area contributed by atoms with Gasteiger partial charge < -0.3 is 15.4 Å². The fourth-order valence-electron chi connectivity index (χ4n) is 3.09. The number of rotatable bonds is 8. The predicted molar refractivity (Wildman–Crippen MR) is 139 cm³/mol. The first-order valence-corrected chi connectivity index (χ1v) is 12.4. The molecule has 1 heterocycles. The molecular formula is C26H23N3O3S2. The molecule has 0 fully saturated rings. The minimum absolute atomic E-state index is 0.120. The van der Waals surface area contributed by atoms with E-state index in [0.29, 0.717) is 22.1 Å². The third-order valence-corrected chi connectivity index (χ3v) is 6.68. The fourth-order valence-corrected chi connectivity index (χ4v) is 4.53. The normalized spacial score (nSPS) is 10.5. The van der Waals surface area contributed by atoms with Crippen molar-refractivity contribution in [3.05, 3.63) is 89.3 Å². The summed E-state index contributed by atoms with van der Waals surface area (Å²) >= 11 is 2.82. The van der Waals surface area contributed by atoms with Crippen LogP contribution in [0.4, 0.5) is 10.8 Å². The molecule has 0 unspecified atom stereocenters. The predicted octanol–water partition coefficient (Wildman–Crippen LogP) is 6.11. The molecule has 0 aliphatic carbocycles. The van der Waals surface area contributed by atoms with Crippen LogP contribution in [0.15, 0.2) is 83.1 Å². The minimum Gasteiger partial charge on any atom is -0.497 e. The Balaban J connectivity index is 1.27. The number of amides is 2. The number of benzene rings is 3. The molecule has 0 radical (unpaired) electrons. The zero-order valence-electron chi connectivity index (χ0n) is 18.7. The monoisotopic (exact) mass is 489 g/mol. The van der Waals surface area contributed by atoms with Crippen molar-refractivity contribution < 1.29 is 14.3 Å². The zero-order valence-corrected chi connectivity index (χ0v) is 20.3. The van der Waals surface area contributed by atoms with Crippen LogP contribution in [0.3, 0.4) is 0 Å². The third-order valence-electron chi connectivity index (χ3n) is 4.91. The van der Waals surface area contributed by atoms with Gasteiger partial charge in [0, 0.05) is 27.1 Å². The van der Waals surface area contributed by atoms with Crippen molar-refractivity contribution in [2.75, 3.05) is 23.5 Å². The largest absolute Gasteiger partial charge is 0.497 e. The Morgan fingerprint density at radius 3 is 2.50 bits per heavy atom. The second-order valence-electron chi connectivity index (χ2n) is 7.45. The van der Waals surface area contributed by atoms with Crippen molar-refractivity contribution in [2.24, 2.45) is 0 Å². The summed E-state index contributed by atoms with van der Waals surface area (Å²) in [7, 11) is 1.56. The summed E-state index contributed by atoms with van der Waals surface area (Å²) in [5, 5.41) is 8.24. The maximum absolute atomic E-state index is 12.4. The second-order valence-corrected chi connectivity index (χ2v) is 9.36. The molecule has 6 nitrogen and oxygen atoms in total. The van der Waals surface area contributed by atoms with E-state index in [1.54, 1.807) is 31.4 Å². The number of carbonyl (C=O) groups is 2. The molecule has 2 amide bonds. The molecule has 0 atom stereocenters. The quantitative estimate of drug-likeness (QED) is 0.292. The van der Waals surface area contributed by atoms with Crippen LogP contribution in [-0.2, 0) is 4.79 Å². The number of thiazole rings is 1. The summed E-state index contributed by atoms with van der Waals surface area (Å²) in [4.78, 5) is 30.2. The van der Waals surface area contributed by atoms with Crippen molar-refractivity contribution in [1.82, 2.24) is 4.98 Å². The van der Waals surface area contributed by atoms with E-state index in [2.05, 4.69) is 15.6 Å². The lowest BCUT2D eigenvalue weighted by molar-refractivity contribution is -0.113. The summed E-state index contributed by atoms with van der Waals surface area (Å²) < 4.78 is 5.16. The lowest BCUT2D eigenvalue weighted by Crippen LogP contribution is -2.13. The molecule has 2 N–H and O–H groups in total. The van der Waals surface area contributed by atoms with E-state index in [9.17, 15) is 9.59 Å². The van der Waals surface area contributed by atoms with Gasteiger partial charge in [-0.15, -0.1) is 23.1 Å². The first-order valence-electron chi connectivity index (χ1n) is 10.5. The van der Waals surface area contributed by atoms with E-state index in [1.807, 2.05) is 60.8 Å². The van der Waals surface area contributed by atoms with Crippen LogP contribution in [0.25, 0.3) is 11.3 Å². The Bertz CT molecular complexity index is 1290. The Morgan fingerprint density at radius 1 is 1.00 bits per heavy atom.